The molecule has 120 valence electrons. The molecule has 0 fully saturated rings. The van der Waals surface area contributed by atoms with E-state index in [9.17, 15) is 13.6 Å². The van der Waals surface area contributed by atoms with Crippen LogP contribution in [0.1, 0.15) is 45.6 Å². The first-order valence-corrected chi connectivity index (χ1v) is 8.44. The van der Waals surface area contributed by atoms with Crippen molar-refractivity contribution in [2.75, 3.05) is 6.54 Å². The van der Waals surface area contributed by atoms with E-state index < -0.39 is 17.0 Å². The lowest BCUT2D eigenvalue weighted by atomic mass is 9.82. The molecule has 1 aromatic rings. The smallest absolute Gasteiger partial charge is 0.303 e. The molecule has 2 rings (SSSR count). The van der Waals surface area contributed by atoms with Crippen molar-refractivity contribution in [3.8, 4) is 0 Å². The molecule has 1 aliphatic rings. The second kappa shape index (κ2) is 6.30. The Labute approximate surface area is 133 Å². The third-order valence-corrected chi connectivity index (χ3v) is 5.12. The van der Waals surface area contributed by atoms with Crippen LogP contribution in [-0.2, 0) is 21.3 Å². The largest absolute Gasteiger partial charge is 0.481 e. The van der Waals surface area contributed by atoms with E-state index in [1.807, 2.05) is 6.07 Å². The van der Waals surface area contributed by atoms with Gasteiger partial charge in [-0.15, -0.1) is 0 Å². The molecule has 0 aromatic heterocycles. The second-order valence-corrected chi connectivity index (χ2v) is 7.11. The topological polar surface area (TPSA) is 77.6 Å². The quantitative estimate of drug-likeness (QED) is 0.479. The molecule has 5 nitrogen and oxygen atoms in total. The Hall–Kier alpha value is -1.53. The Morgan fingerprint density at radius 1 is 1.32 bits per heavy atom. The summed E-state index contributed by atoms with van der Waals surface area (Å²) in [5, 5.41) is 8.71. The molecular formula is C16H22NO4S+. The van der Waals surface area contributed by atoms with Crippen molar-refractivity contribution in [3.05, 3.63) is 23.8 Å². The minimum Gasteiger partial charge on any atom is -0.481 e. The number of carboxylic acid groups (broad SMARTS) is 1. The highest BCUT2D eigenvalue weighted by Gasteiger charge is 2.43. The Kier molecular flexibility index (Phi) is 4.82. The summed E-state index contributed by atoms with van der Waals surface area (Å²) in [6, 6.07) is 5.36. The zero-order valence-corrected chi connectivity index (χ0v) is 13.9. The molecule has 1 unspecified atom stereocenters. The molecule has 2 N–H and O–H groups in total. The predicted molar refractivity (Wildman–Crippen MR) is 85.5 cm³/mol. The van der Waals surface area contributed by atoms with Gasteiger partial charge >= 0.3 is 5.97 Å². The first-order valence-electron chi connectivity index (χ1n) is 7.34. The van der Waals surface area contributed by atoms with Gasteiger partial charge in [0.2, 0.25) is 5.69 Å². The first-order chi connectivity index (χ1) is 10.2. The summed E-state index contributed by atoms with van der Waals surface area (Å²) in [5.41, 5.74) is 3.08. The molecular weight excluding hydrogens is 302 g/mol. The molecule has 0 saturated heterocycles. The van der Waals surface area contributed by atoms with Crippen LogP contribution in [0.15, 0.2) is 23.1 Å². The van der Waals surface area contributed by atoms with Gasteiger partial charge < -0.3 is 9.66 Å². The number of aliphatic carboxylic acids is 1. The van der Waals surface area contributed by atoms with Gasteiger partial charge in [-0.25, -0.2) is 4.21 Å². The third-order valence-electron chi connectivity index (χ3n) is 4.47. The Balaban J connectivity index is 2.27. The lowest BCUT2D eigenvalue weighted by Crippen LogP contribution is -2.26. The average molecular weight is 324 g/mol. The summed E-state index contributed by atoms with van der Waals surface area (Å²) in [6.07, 6.45) is 1.63. The maximum Gasteiger partial charge on any atom is 0.303 e. The lowest BCUT2D eigenvalue weighted by molar-refractivity contribution is -0.439. The van der Waals surface area contributed by atoms with E-state index in [-0.39, 0.29) is 11.8 Å². The zero-order chi connectivity index (χ0) is 16.5. The van der Waals surface area contributed by atoms with Gasteiger partial charge in [-0.3, -0.25) is 4.79 Å². The molecule has 0 radical (unpaired) electrons. The van der Waals surface area contributed by atoms with Gasteiger partial charge in [0.15, 0.2) is 16.8 Å². The molecule has 0 aliphatic carbocycles. The summed E-state index contributed by atoms with van der Waals surface area (Å²) < 4.78 is 22.8. The molecule has 0 amide bonds. The second-order valence-electron chi connectivity index (χ2n) is 6.14. The number of benzene rings is 1. The van der Waals surface area contributed by atoms with Crippen LogP contribution in [0, 0.1) is 0 Å². The molecule has 1 atom stereocenters. The predicted octanol–water partition coefficient (Wildman–Crippen LogP) is 2.92. The fraction of sp³-hybridized carbons (Fsp3) is 0.500. The number of nitrogens with zero attached hydrogens (tertiary/aromatic N) is 1. The van der Waals surface area contributed by atoms with Gasteiger partial charge in [-0.1, -0.05) is 0 Å². The van der Waals surface area contributed by atoms with Gasteiger partial charge in [-0.2, -0.15) is 4.58 Å². The normalized spacial score (nSPS) is 17.5. The number of rotatable bonds is 6. The van der Waals surface area contributed by atoms with Gasteiger partial charge in [-0.05, 0) is 32.4 Å². The highest BCUT2D eigenvalue weighted by Crippen LogP contribution is 2.40. The Morgan fingerprint density at radius 2 is 2.00 bits per heavy atom. The number of hydrogen-bond donors (Lipinski definition) is 2. The number of fused-ring (bicyclic) bond motifs is 1. The first kappa shape index (κ1) is 16.8. The van der Waals surface area contributed by atoms with Gasteiger partial charge in [0.05, 0.1) is 10.3 Å². The van der Waals surface area contributed by atoms with Crippen molar-refractivity contribution in [3.63, 3.8) is 0 Å². The molecule has 1 aromatic carbocycles. The molecule has 22 heavy (non-hydrogen) atoms. The minimum atomic E-state index is -1.98. The molecule has 1 heterocycles. The molecule has 0 bridgehead atoms. The van der Waals surface area contributed by atoms with E-state index >= 15 is 0 Å². The lowest BCUT2D eigenvalue weighted by Gasteiger charge is -2.15. The van der Waals surface area contributed by atoms with Crippen LogP contribution in [0.5, 0.6) is 0 Å². The summed E-state index contributed by atoms with van der Waals surface area (Å²) >= 11 is -1.98. The fourth-order valence-corrected chi connectivity index (χ4v) is 3.31. The van der Waals surface area contributed by atoms with Crippen LogP contribution < -0.4 is 0 Å². The monoisotopic (exact) mass is 324 g/mol. The van der Waals surface area contributed by atoms with Crippen molar-refractivity contribution in [1.29, 1.82) is 0 Å². The van der Waals surface area contributed by atoms with Crippen LogP contribution in [0.25, 0.3) is 0 Å². The number of hydrogen-bond acceptors (Lipinski definition) is 2. The minimum absolute atomic E-state index is 0.186. The van der Waals surface area contributed by atoms with E-state index in [0.717, 1.165) is 24.2 Å². The molecule has 6 heteroatoms. The molecule has 0 spiro atoms. The van der Waals surface area contributed by atoms with Crippen molar-refractivity contribution >= 4 is 28.4 Å². The third kappa shape index (κ3) is 3.13. The highest BCUT2D eigenvalue weighted by atomic mass is 32.2. The SMILES string of the molecule is CC1=[N+](CCCCC(=O)O)c2ccc(S(=O)O)cc2C1(C)C. The molecule has 1 aliphatic heterocycles. The molecule has 0 saturated carbocycles. The highest BCUT2D eigenvalue weighted by molar-refractivity contribution is 7.79. The Morgan fingerprint density at radius 3 is 2.59 bits per heavy atom. The van der Waals surface area contributed by atoms with E-state index in [1.165, 1.54) is 5.71 Å². The summed E-state index contributed by atoms with van der Waals surface area (Å²) in [5.74, 6) is -0.766. The van der Waals surface area contributed by atoms with Gasteiger partial charge in [0.1, 0.15) is 6.54 Å². The fourth-order valence-electron chi connectivity index (χ4n) is 2.91. The zero-order valence-electron chi connectivity index (χ0n) is 13.1. The van der Waals surface area contributed by atoms with Crippen LogP contribution in [-0.4, -0.2) is 36.7 Å². The van der Waals surface area contributed by atoms with Gasteiger partial charge in [0.25, 0.3) is 0 Å². The van der Waals surface area contributed by atoms with Crippen LogP contribution in [0.2, 0.25) is 0 Å². The van der Waals surface area contributed by atoms with E-state index in [0.29, 0.717) is 11.3 Å². The standard InChI is InChI=1S/C16H21NO4S/c1-11-16(2,3)13-10-12(22(20)21)7-8-14(13)17(11)9-5-4-6-15(18)19/h7-8,10H,4-6,9H2,1-3H3,(H-,18,19,20,21)/p+1. The summed E-state index contributed by atoms with van der Waals surface area (Å²) in [6.45, 7) is 7.02. The van der Waals surface area contributed by atoms with Crippen molar-refractivity contribution < 1.29 is 23.2 Å². The van der Waals surface area contributed by atoms with Crippen LogP contribution in [0.3, 0.4) is 0 Å². The number of unbranched alkanes of at least 4 members (excludes halogenated alkanes) is 1. The number of carboxylic acids is 1. The summed E-state index contributed by atoms with van der Waals surface area (Å²) in [4.78, 5) is 11.0. The van der Waals surface area contributed by atoms with Crippen molar-refractivity contribution in [2.45, 2.75) is 50.3 Å². The maximum absolute atomic E-state index is 11.3. The van der Waals surface area contributed by atoms with E-state index in [1.54, 1.807) is 12.1 Å². The van der Waals surface area contributed by atoms with Crippen molar-refractivity contribution in [1.82, 2.24) is 0 Å². The van der Waals surface area contributed by atoms with Crippen LogP contribution in [0.4, 0.5) is 5.69 Å². The van der Waals surface area contributed by atoms with E-state index in [4.69, 9.17) is 5.11 Å². The van der Waals surface area contributed by atoms with Crippen molar-refractivity contribution in [2.24, 2.45) is 0 Å². The number of carbonyl (C=O) groups is 1. The maximum atomic E-state index is 11.3. The van der Waals surface area contributed by atoms with Crippen LogP contribution >= 0.6 is 0 Å². The van der Waals surface area contributed by atoms with E-state index in [2.05, 4.69) is 25.3 Å². The van der Waals surface area contributed by atoms with Gasteiger partial charge in [0, 0.05) is 31.4 Å². The Bertz CT molecular complexity index is 664. The average Bonchev–Trinajstić information content (AvgIpc) is 2.63. The summed E-state index contributed by atoms with van der Waals surface area (Å²) in [7, 11) is 0.